The molecule has 9 heteroatoms. The summed E-state index contributed by atoms with van der Waals surface area (Å²) < 4.78 is 95.7. The van der Waals surface area contributed by atoms with Gasteiger partial charge in [-0.3, -0.25) is 0 Å². The van der Waals surface area contributed by atoms with E-state index in [1.807, 2.05) is 0 Å². The van der Waals surface area contributed by atoms with Gasteiger partial charge in [-0.15, -0.1) is 0 Å². The lowest BCUT2D eigenvalue weighted by Crippen LogP contribution is -2.52. The average Bonchev–Trinajstić information content (AvgIpc) is 2.02. The molecular weight excluding hydrogens is 304 g/mol. The second-order valence-corrected chi connectivity index (χ2v) is 3.00. The van der Waals surface area contributed by atoms with Crippen molar-refractivity contribution in [1.82, 2.24) is 0 Å². The van der Waals surface area contributed by atoms with Crippen LogP contribution in [0.4, 0.5) is 35.1 Å². The Morgan fingerprint density at radius 2 is 1.40 bits per heavy atom. The van der Waals surface area contributed by atoms with Gasteiger partial charge in [-0.1, -0.05) is 15.9 Å². The van der Waals surface area contributed by atoms with Crippen LogP contribution in [0.5, 0.6) is 0 Å². The molecule has 0 atom stereocenters. The molecule has 0 amide bonds. The molecule has 0 saturated heterocycles. The summed E-state index contributed by atoms with van der Waals surface area (Å²) in [5.41, 5.74) is 0. The van der Waals surface area contributed by atoms with E-state index in [9.17, 15) is 35.1 Å². The monoisotopic (exact) mass is 306 g/mol. The van der Waals surface area contributed by atoms with Crippen LogP contribution >= 0.6 is 15.9 Å². The second kappa shape index (κ2) is 4.26. The highest BCUT2D eigenvalue weighted by Crippen LogP contribution is 2.49. The van der Waals surface area contributed by atoms with E-state index in [2.05, 4.69) is 15.9 Å². The number of allylic oxidation sites excluding steroid dienone is 2. The fraction of sp³-hybridized carbons (Fsp3) is 0.667. The fourth-order valence-electron chi connectivity index (χ4n) is 0.524. The summed E-state index contributed by atoms with van der Waals surface area (Å²) in [6.07, 6.45) is -6.63. The molecule has 0 bridgehead atoms. The number of hydrogen-bond donors (Lipinski definition) is 0. The van der Waals surface area contributed by atoms with E-state index < -0.39 is 29.2 Å². The van der Waals surface area contributed by atoms with Crippen molar-refractivity contribution in [3.05, 3.63) is 11.9 Å². The van der Waals surface area contributed by atoms with Gasteiger partial charge in [0.1, 0.15) is 0 Å². The van der Waals surface area contributed by atoms with Gasteiger partial charge in [0.15, 0.2) is 5.83 Å². The zero-order valence-corrected chi connectivity index (χ0v) is 8.27. The first-order valence-electron chi connectivity index (χ1n) is 3.23. The van der Waals surface area contributed by atoms with Crippen LogP contribution < -0.4 is 0 Å². The summed E-state index contributed by atoms with van der Waals surface area (Å²) >= 11 is 2.38. The van der Waals surface area contributed by atoms with Crippen LogP contribution in [-0.4, -0.2) is 23.4 Å². The highest BCUT2D eigenvalue weighted by Gasteiger charge is 2.74. The van der Waals surface area contributed by atoms with Crippen molar-refractivity contribution in [3.63, 3.8) is 0 Å². The van der Waals surface area contributed by atoms with Crippen LogP contribution in [0.25, 0.3) is 0 Å². The largest absolute Gasteiger partial charge is 0.460 e. The highest BCUT2D eigenvalue weighted by atomic mass is 79.9. The maximum absolute atomic E-state index is 12.3. The Bertz CT molecular complexity index is 252. The Balaban J connectivity index is 5.28. The molecule has 0 aromatic carbocycles. The van der Waals surface area contributed by atoms with Gasteiger partial charge in [-0.25, -0.2) is 4.39 Å². The fourth-order valence-corrected chi connectivity index (χ4v) is 0.808. The third-order valence-corrected chi connectivity index (χ3v) is 1.63. The standard InChI is InChI=1S/C6H3BrF8/c7-2-1-3(8)4(9,10)5(11,12)6(13,14)15/h1H,2H2/b3-1-. The topological polar surface area (TPSA) is 0 Å². The van der Waals surface area contributed by atoms with E-state index in [1.165, 1.54) is 0 Å². The Hall–Kier alpha value is -0.340. The zero-order chi connectivity index (χ0) is 12.5. The Labute approximate surface area is 87.1 Å². The van der Waals surface area contributed by atoms with Crippen LogP contribution in [0.2, 0.25) is 0 Å². The molecule has 0 fully saturated rings. The lowest BCUT2D eigenvalue weighted by molar-refractivity contribution is -0.347. The first-order valence-corrected chi connectivity index (χ1v) is 4.35. The van der Waals surface area contributed by atoms with Crippen molar-refractivity contribution < 1.29 is 35.1 Å². The lowest BCUT2D eigenvalue weighted by atomic mass is 10.1. The van der Waals surface area contributed by atoms with Crippen molar-refractivity contribution in [2.24, 2.45) is 0 Å². The Morgan fingerprint density at radius 3 is 1.67 bits per heavy atom. The number of hydrogen-bond acceptors (Lipinski definition) is 0. The molecule has 0 aliphatic carbocycles. The van der Waals surface area contributed by atoms with Gasteiger partial charge in [0.2, 0.25) is 0 Å². The van der Waals surface area contributed by atoms with Crippen molar-refractivity contribution in [3.8, 4) is 0 Å². The van der Waals surface area contributed by atoms with Gasteiger partial charge < -0.3 is 0 Å². The second-order valence-electron chi connectivity index (χ2n) is 2.35. The van der Waals surface area contributed by atoms with Gasteiger partial charge in [0.25, 0.3) is 0 Å². The predicted octanol–water partition coefficient (Wildman–Crippen LogP) is 4.07. The summed E-state index contributed by atoms with van der Waals surface area (Å²) in [5.74, 6) is -15.2. The molecule has 0 saturated carbocycles. The third kappa shape index (κ3) is 2.61. The molecule has 15 heavy (non-hydrogen) atoms. The molecule has 0 aromatic heterocycles. The quantitative estimate of drug-likeness (QED) is 0.545. The van der Waals surface area contributed by atoms with E-state index in [-0.39, 0.29) is 6.08 Å². The normalized spacial score (nSPS) is 15.7. The predicted molar refractivity (Wildman–Crippen MR) is 38.9 cm³/mol. The van der Waals surface area contributed by atoms with Crippen molar-refractivity contribution in [2.75, 3.05) is 5.33 Å². The number of rotatable bonds is 3. The average molecular weight is 307 g/mol. The molecule has 0 aliphatic heterocycles. The van der Waals surface area contributed by atoms with E-state index in [1.54, 1.807) is 0 Å². The molecule has 0 spiro atoms. The molecule has 0 radical (unpaired) electrons. The van der Waals surface area contributed by atoms with Crippen LogP contribution in [-0.2, 0) is 0 Å². The summed E-state index contributed by atoms with van der Waals surface area (Å²) in [6, 6.07) is 0. The minimum atomic E-state index is -6.52. The minimum Gasteiger partial charge on any atom is -0.205 e. The number of alkyl halides is 8. The SMILES string of the molecule is F/C(=C\CBr)C(F)(F)C(F)(F)C(F)(F)F. The first-order chi connectivity index (χ1) is 6.48. The highest BCUT2D eigenvalue weighted by molar-refractivity contribution is 9.09. The van der Waals surface area contributed by atoms with Crippen LogP contribution in [0.1, 0.15) is 0 Å². The summed E-state index contributed by atoms with van der Waals surface area (Å²) in [5, 5.41) is -0.609. The van der Waals surface area contributed by atoms with E-state index in [0.29, 0.717) is 0 Å². The molecule has 0 rings (SSSR count). The van der Waals surface area contributed by atoms with Crippen molar-refractivity contribution >= 4 is 15.9 Å². The van der Waals surface area contributed by atoms with Crippen molar-refractivity contribution in [1.29, 1.82) is 0 Å². The molecule has 0 heterocycles. The van der Waals surface area contributed by atoms with Gasteiger partial charge in [0.05, 0.1) is 0 Å². The third-order valence-electron chi connectivity index (χ3n) is 1.31. The molecule has 0 N–H and O–H groups in total. The maximum atomic E-state index is 12.3. The minimum absolute atomic E-state index is 0.111. The Kier molecular flexibility index (Phi) is 4.17. The molecule has 0 aliphatic rings. The van der Waals surface area contributed by atoms with Crippen molar-refractivity contribution in [2.45, 2.75) is 18.0 Å². The summed E-state index contributed by atoms with van der Waals surface area (Å²) in [7, 11) is 0. The van der Waals surface area contributed by atoms with Gasteiger partial charge in [-0.2, -0.15) is 30.7 Å². The summed E-state index contributed by atoms with van der Waals surface area (Å²) in [4.78, 5) is 0. The van der Waals surface area contributed by atoms with Crippen LogP contribution in [0, 0.1) is 0 Å². The van der Waals surface area contributed by atoms with E-state index in [0.717, 1.165) is 0 Å². The van der Waals surface area contributed by atoms with Gasteiger partial charge in [0, 0.05) is 5.33 Å². The van der Waals surface area contributed by atoms with E-state index >= 15 is 0 Å². The molecular formula is C6H3BrF8. The number of halogens is 9. The van der Waals surface area contributed by atoms with E-state index in [4.69, 9.17) is 0 Å². The van der Waals surface area contributed by atoms with Crippen LogP contribution in [0.3, 0.4) is 0 Å². The van der Waals surface area contributed by atoms with Gasteiger partial charge >= 0.3 is 18.0 Å². The zero-order valence-electron chi connectivity index (χ0n) is 6.69. The molecule has 0 nitrogen and oxygen atoms in total. The lowest BCUT2D eigenvalue weighted by Gasteiger charge is -2.26. The molecule has 0 aromatic rings. The smallest absolute Gasteiger partial charge is 0.205 e. The molecule has 0 unspecified atom stereocenters. The van der Waals surface area contributed by atoms with Crippen LogP contribution in [0.15, 0.2) is 11.9 Å². The first kappa shape index (κ1) is 14.7. The maximum Gasteiger partial charge on any atom is 0.460 e. The molecule has 90 valence electrons. The summed E-state index contributed by atoms with van der Waals surface area (Å²) in [6.45, 7) is 0. The van der Waals surface area contributed by atoms with Gasteiger partial charge in [-0.05, 0) is 6.08 Å². The Morgan fingerprint density at radius 1 is 1.00 bits per heavy atom.